The maximum Gasteiger partial charge on any atom is 0.255 e. The second-order valence-electron chi connectivity index (χ2n) is 6.01. The van der Waals surface area contributed by atoms with Crippen LogP contribution in [0.2, 0.25) is 5.02 Å². The molecule has 4 heteroatoms. The van der Waals surface area contributed by atoms with Crippen LogP contribution in [-0.2, 0) is 6.42 Å². The Balaban J connectivity index is 1.88. The average Bonchev–Trinajstić information content (AvgIpc) is 2.60. The summed E-state index contributed by atoms with van der Waals surface area (Å²) in [7, 11) is 0. The maximum atomic E-state index is 13.3. The van der Waals surface area contributed by atoms with Gasteiger partial charge in [-0.2, -0.15) is 0 Å². The van der Waals surface area contributed by atoms with Crippen molar-refractivity contribution in [1.29, 1.82) is 0 Å². The van der Waals surface area contributed by atoms with Gasteiger partial charge in [0.05, 0.1) is 5.02 Å². The summed E-state index contributed by atoms with van der Waals surface area (Å²) < 4.78 is 13.3. The van der Waals surface area contributed by atoms with E-state index in [0.29, 0.717) is 5.92 Å². The van der Waals surface area contributed by atoms with Crippen LogP contribution < -0.4 is 5.56 Å². The Kier molecular flexibility index (Phi) is 5.00. The number of fused-ring (bicyclic) bond motifs is 1. The first kappa shape index (κ1) is 16.7. The summed E-state index contributed by atoms with van der Waals surface area (Å²) >= 11 is 5.86. The number of hydrogen-bond acceptors (Lipinski definition) is 1. The number of aromatic amines is 1. The third kappa shape index (κ3) is 3.36. The molecule has 124 valence electrons. The number of hydrogen-bond donors (Lipinski definition) is 1. The molecular formula is C20H19ClFNO. The van der Waals surface area contributed by atoms with Crippen LogP contribution in [0, 0.1) is 5.82 Å². The molecule has 1 aromatic heterocycles. The molecule has 0 aliphatic rings. The van der Waals surface area contributed by atoms with E-state index in [1.807, 2.05) is 30.5 Å². The Bertz CT molecular complexity index is 919. The predicted molar refractivity (Wildman–Crippen MR) is 97.3 cm³/mol. The minimum Gasteiger partial charge on any atom is -0.328 e. The van der Waals surface area contributed by atoms with Crippen LogP contribution in [0.5, 0.6) is 0 Å². The van der Waals surface area contributed by atoms with Gasteiger partial charge in [0, 0.05) is 11.6 Å². The van der Waals surface area contributed by atoms with E-state index in [1.54, 1.807) is 12.1 Å². The Hall–Kier alpha value is -2.13. The highest BCUT2D eigenvalue weighted by Crippen LogP contribution is 2.30. The standard InChI is InChI=1S/C20H19ClFNO/c1-2-14(9-7-13-8-10-19(22)18(21)11-13)17-12-23-20(24)16-6-4-3-5-15(16)17/h3-6,8,10-12,14H,2,7,9H2,1H3,(H,23,24). The first-order chi connectivity index (χ1) is 11.6. The first-order valence-corrected chi connectivity index (χ1v) is 8.52. The molecule has 0 saturated heterocycles. The fourth-order valence-electron chi connectivity index (χ4n) is 3.18. The van der Waals surface area contributed by atoms with Crippen molar-refractivity contribution < 1.29 is 4.39 Å². The van der Waals surface area contributed by atoms with Gasteiger partial charge in [-0.3, -0.25) is 4.79 Å². The molecule has 0 fully saturated rings. The molecule has 0 radical (unpaired) electrons. The number of nitrogens with one attached hydrogen (secondary N) is 1. The number of aromatic nitrogens is 1. The summed E-state index contributed by atoms with van der Waals surface area (Å²) in [5.74, 6) is -0.0744. The van der Waals surface area contributed by atoms with E-state index in [1.165, 1.54) is 6.07 Å². The smallest absolute Gasteiger partial charge is 0.255 e. The van der Waals surface area contributed by atoms with Gasteiger partial charge in [-0.15, -0.1) is 0 Å². The number of H-pyrrole nitrogens is 1. The minimum absolute atomic E-state index is 0.0606. The SMILES string of the molecule is CCC(CCc1ccc(F)c(Cl)c1)c1c[nH]c(=O)c2ccccc12. The summed E-state index contributed by atoms with van der Waals surface area (Å²) in [5.41, 5.74) is 2.11. The van der Waals surface area contributed by atoms with Crippen LogP contribution >= 0.6 is 11.6 Å². The Morgan fingerprint density at radius 3 is 2.62 bits per heavy atom. The van der Waals surface area contributed by atoms with E-state index in [9.17, 15) is 9.18 Å². The number of aryl methyl sites for hydroxylation is 1. The highest BCUT2D eigenvalue weighted by molar-refractivity contribution is 6.30. The molecule has 0 aliphatic carbocycles. The Morgan fingerprint density at radius 1 is 1.17 bits per heavy atom. The van der Waals surface area contributed by atoms with Crippen LogP contribution in [0.15, 0.2) is 53.5 Å². The minimum atomic E-state index is -0.390. The molecular weight excluding hydrogens is 325 g/mol. The normalized spacial score (nSPS) is 12.5. The maximum absolute atomic E-state index is 13.3. The molecule has 0 bridgehead atoms. The van der Waals surface area contributed by atoms with E-state index < -0.39 is 0 Å². The Morgan fingerprint density at radius 2 is 1.92 bits per heavy atom. The molecule has 0 saturated carbocycles. The lowest BCUT2D eigenvalue weighted by molar-refractivity contribution is 0.604. The lowest BCUT2D eigenvalue weighted by Gasteiger charge is -2.17. The van der Waals surface area contributed by atoms with Gasteiger partial charge in [-0.1, -0.05) is 42.8 Å². The van der Waals surface area contributed by atoms with Gasteiger partial charge < -0.3 is 4.98 Å². The molecule has 2 nitrogen and oxygen atoms in total. The first-order valence-electron chi connectivity index (χ1n) is 8.14. The zero-order chi connectivity index (χ0) is 17.1. The fourth-order valence-corrected chi connectivity index (χ4v) is 3.39. The van der Waals surface area contributed by atoms with Crippen molar-refractivity contribution in [2.45, 2.75) is 32.1 Å². The third-order valence-electron chi connectivity index (χ3n) is 4.54. The van der Waals surface area contributed by atoms with Crippen LogP contribution in [0.1, 0.15) is 36.8 Å². The van der Waals surface area contributed by atoms with E-state index >= 15 is 0 Å². The summed E-state index contributed by atoms with van der Waals surface area (Å²) in [4.78, 5) is 14.8. The highest BCUT2D eigenvalue weighted by atomic mass is 35.5. The molecule has 3 rings (SSSR count). The van der Waals surface area contributed by atoms with Crippen molar-refractivity contribution >= 4 is 22.4 Å². The van der Waals surface area contributed by atoms with Gasteiger partial charge in [0.15, 0.2) is 0 Å². The van der Waals surface area contributed by atoms with Gasteiger partial charge in [-0.25, -0.2) is 4.39 Å². The van der Waals surface area contributed by atoms with Crippen molar-refractivity contribution in [3.05, 3.63) is 81.0 Å². The average molecular weight is 344 g/mol. The molecule has 0 spiro atoms. The number of rotatable bonds is 5. The monoisotopic (exact) mass is 343 g/mol. The number of benzene rings is 2. The topological polar surface area (TPSA) is 32.9 Å². The molecule has 1 N–H and O–H groups in total. The Labute approximate surface area is 145 Å². The summed E-state index contributed by atoms with van der Waals surface area (Å²) in [6, 6.07) is 12.6. The van der Waals surface area contributed by atoms with E-state index in [4.69, 9.17) is 11.6 Å². The van der Waals surface area contributed by atoms with Crippen LogP contribution in [0.4, 0.5) is 4.39 Å². The quantitative estimate of drug-likeness (QED) is 0.656. The second kappa shape index (κ2) is 7.18. The highest BCUT2D eigenvalue weighted by Gasteiger charge is 2.14. The van der Waals surface area contributed by atoms with Gasteiger partial charge in [-0.05, 0) is 59.9 Å². The summed E-state index contributed by atoms with van der Waals surface area (Å²) in [6.07, 6.45) is 4.52. The zero-order valence-corrected chi connectivity index (χ0v) is 14.2. The van der Waals surface area contributed by atoms with E-state index in [0.717, 1.165) is 41.2 Å². The lowest BCUT2D eigenvalue weighted by Crippen LogP contribution is -2.10. The van der Waals surface area contributed by atoms with Gasteiger partial charge >= 0.3 is 0 Å². The lowest BCUT2D eigenvalue weighted by atomic mass is 9.88. The van der Waals surface area contributed by atoms with Crippen LogP contribution in [0.3, 0.4) is 0 Å². The van der Waals surface area contributed by atoms with Crippen molar-refractivity contribution in [2.75, 3.05) is 0 Å². The summed E-state index contributed by atoms with van der Waals surface area (Å²) in [6.45, 7) is 2.14. The van der Waals surface area contributed by atoms with Crippen molar-refractivity contribution in [3.8, 4) is 0 Å². The van der Waals surface area contributed by atoms with Crippen molar-refractivity contribution in [2.24, 2.45) is 0 Å². The molecule has 2 aromatic carbocycles. The molecule has 24 heavy (non-hydrogen) atoms. The predicted octanol–water partition coefficient (Wildman–Crippen LogP) is 5.45. The third-order valence-corrected chi connectivity index (χ3v) is 4.83. The molecule has 0 amide bonds. The largest absolute Gasteiger partial charge is 0.328 e. The van der Waals surface area contributed by atoms with Crippen molar-refractivity contribution in [3.63, 3.8) is 0 Å². The zero-order valence-electron chi connectivity index (χ0n) is 13.5. The molecule has 3 aromatic rings. The molecule has 0 aliphatic heterocycles. The number of halogens is 2. The molecule has 1 atom stereocenters. The van der Waals surface area contributed by atoms with E-state index in [2.05, 4.69) is 11.9 Å². The fraction of sp³-hybridized carbons (Fsp3) is 0.250. The molecule has 1 unspecified atom stereocenters. The van der Waals surface area contributed by atoms with Crippen molar-refractivity contribution in [1.82, 2.24) is 4.98 Å². The van der Waals surface area contributed by atoms with Gasteiger partial charge in [0.2, 0.25) is 0 Å². The van der Waals surface area contributed by atoms with Gasteiger partial charge in [0.1, 0.15) is 5.82 Å². The van der Waals surface area contributed by atoms with Crippen LogP contribution in [-0.4, -0.2) is 4.98 Å². The number of pyridine rings is 1. The van der Waals surface area contributed by atoms with Crippen LogP contribution in [0.25, 0.3) is 10.8 Å². The second-order valence-corrected chi connectivity index (χ2v) is 6.42. The summed E-state index contributed by atoms with van der Waals surface area (Å²) in [5, 5.41) is 1.89. The van der Waals surface area contributed by atoms with Gasteiger partial charge in [0.25, 0.3) is 5.56 Å². The molecule has 1 heterocycles. The van der Waals surface area contributed by atoms with E-state index in [-0.39, 0.29) is 16.4 Å².